The van der Waals surface area contributed by atoms with Gasteiger partial charge in [0.1, 0.15) is 0 Å². The van der Waals surface area contributed by atoms with E-state index in [0.717, 1.165) is 34.4 Å². The molecule has 1 saturated heterocycles. The van der Waals surface area contributed by atoms with E-state index in [2.05, 4.69) is 26.2 Å². The van der Waals surface area contributed by atoms with E-state index < -0.39 is 5.54 Å². The molecule has 0 saturated carbocycles. The van der Waals surface area contributed by atoms with Crippen LogP contribution in [0.3, 0.4) is 0 Å². The molecule has 20 heavy (non-hydrogen) atoms. The number of para-hydroxylation sites is 1. The molecule has 1 aliphatic rings. The smallest absolute Gasteiger partial charge is 0.285 e. The van der Waals surface area contributed by atoms with E-state index in [1.165, 1.54) is 12.8 Å². The summed E-state index contributed by atoms with van der Waals surface area (Å²) in [6.45, 7) is 10.4. The number of nitrogens with one attached hydrogen (secondary N) is 1. The predicted molar refractivity (Wildman–Crippen MR) is 83.8 cm³/mol. The van der Waals surface area contributed by atoms with Gasteiger partial charge in [-0.05, 0) is 38.8 Å². The van der Waals surface area contributed by atoms with Crippen LogP contribution in [-0.4, -0.2) is 36.1 Å². The van der Waals surface area contributed by atoms with Gasteiger partial charge in [-0.2, -0.15) is 0 Å². The van der Waals surface area contributed by atoms with Gasteiger partial charge >= 0.3 is 0 Å². The SMILES string of the molecule is Cc1cccc(C)c1NC(=O)C(C)(C)[N+]1(C)CCCC1. The molecule has 0 aliphatic carbocycles. The number of nitrogens with zero attached hydrogens (tertiary/aromatic N) is 1. The van der Waals surface area contributed by atoms with Crippen molar-refractivity contribution in [2.45, 2.75) is 46.1 Å². The molecule has 3 heteroatoms. The van der Waals surface area contributed by atoms with Crippen LogP contribution in [0.4, 0.5) is 5.69 Å². The molecule has 1 aliphatic heterocycles. The predicted octanol–water partition coefficient (Wildman–Crippen LogP) is 3.26. The summed E-state index contributed by atoms with van der Waals surface area (Å²) >= 11 is 0. The fourth-order valence-corrected chi connectivity index (χ4v) is 3.12. The van der Waals surface area contributed by atoms with Crippen LogP contribution in [0.2, 0.25) is 0 Å². The van der Waals surface area contributed by atoms with Crippen LogP contribution in [0.5, 0.6) is 0 Å². The number of likely N-dealkylation sites (tertiary alicyclic amines) is 1. The molecular formula is C17H27N2O+. The van der Waals surface area contributed by atoms with Crippen LogP contribution in [0.25, 0.3) is 0 Å². The fourth-order valence-electron chi connectivity index (χ4n) is 3.12. The van der Waals surface area contributed by atoms with Crippen LogP contribution in [0.1, 0.15) is 37.8 Å². The van der Waals surface area contributed by atoms with Gasteiger partial charge in [0.2, 0.25) is 0 Å². The fraction of sp³-hybridized carbons (Fsp3) is 0.588. The Hall–Kier alpha value is -1.35. The zero-order chi connectivity index (χ0) is 15.0. The molecule has 0 unspecified atom stereocenters. The number of hydrogen-bond donors (Lipinski definition) is 1. The van der Waals surface area contributed by atoms with Gasteiger partial charge in [-0.3, -0.25) is 4.79 Å². The highest BCUT2D eigenvalue weighted by Gasteiger charge is 2.48. The summed E-state index contributed by atoms with van der Waals surface area (Å²) in [5, 5.41) is 3.17. The molecular weight excluding hydrogens is 248 g/mol. The third-order valence-electron chi connectivity index (χ3n) is 5.18. The third kappa shape index (κ3) is 2.47. The summed E-state index contributed by atoms with van der Waals surface area (Å²) in [6.07, 6.45) is 2.44. The third-order valence-corrected chi connectivity index (χ3v) is 5.18. The van der Waals surface area contributed by atoms with Crippen molar-refractivity contribution in [1.29, 1.82) is 0 Å². The first-order valence-electron chi connectivity index (χ1n) is 7.50. The van der Waals surface area contributed by atoms with Crippen molar-refractivity contribution in [2.75, 3.05) is 25.5 Å². The van der Waals surface area contributed by atoms with E-state index >= 15 is 0 Å². The van der Waals surface area contributed by atoms with Crippen LogP contribution in [0, 0.1) is 13.8 Å². The maximum atomic E-state index is 12.8. The number of aryl methyl sites for hydroxylation is 2. The molecule has 3 nitrogen and oxygen atoms in total. The highest BCUT2D eigenvalue weighted by atomic mass is 16.2. The summed E-state index contributed by atoms with van der Waals surface area (Å²) in [5.74, 6) is 0.124. The molecule has 1 aromatic rings. The quantitative estimate of drug-likeness (QED) is 0.843. The number of benzene rings is 1. The Bertz CT molecular complexity index is 493. The zero-order valence-corrected chi connectivity index (χ0v) is 13.4. The minimum Gasteiger partial charge on any atom is -0.320 e. The summed E-state index contributed by atoms with van der Waals surface area (Å²) in [7, 11) is 2.21. The number of amides is 1. The van der Waals surface area contributed by atoms with E-state index in [1.54, 1.807) is 0 Å². The average molecular weight is 275 g/mol. The second-order valence-electron chi connectivity index (χ2n) is 6.83. The first-order chi connectivity index (χ1) is 9.28. The minimum atomic E-state index is -0.398. The van der Waals surface area contributed by atoms with Gasteiger partial charge in [-0.25, -0.2) is 0 Å². The lowest BCUT2D eigenvalue weighted by atomic mass is 9.98. The van der Waals surface area contributed by atoms with Crippen molar-refractivity contribution in [3.8, 4) is 0 Å². The molecule has 2 rings (SSSR count). The van der Waals surface area contributed by atoms with E-state index in [0.29, 0.717) is 0 Å². The highest BCUT2D eigenvalue weighted by Crippen LogP contribution is 2.31. The maximum absolute atomic E-state index is 12.8. The highest BCUT2D eigenvalue weighted by molar-refractivity contribution is 5.97. The van der Waals surface area contributed by atoms with Crippen molar-refractivity contribution < 1.29 is 9.28 Å². The van der Waals surface area contributed by atoms with Crippen LogP contribution in [0.15, 0.2) is 18.2 Å². The van der Waals surface area contributed by atoms with Crippen LogP contribution < -0.4 is 5.32 Å². The van der Waals surface area contributed by atoms with Crippen LogP contribution in [-0.2, 0) is 4.79 Å². The number of carbonyl (C=O) groups is 1. The number of quaternary nitrogens is 1. The van der Waals surface area contributed by atoms with E-state index in [4.69, 9.17) is 0 Å². The molecule has 0 bridgehead atoms. The Kier molecular flexibility index (Phi) is 3.92. The molecule has 0 radical (unpaired) electrons. The maximum Gasteiger partial charge on any atom is 0.285 e. The number of hydrogen-bond acceptors (Lipinski definition) is 1. The van der Waals surface area contributed by atoms with E-state index in [1.807, 2.05) is 32.0 Å². The van der Waals surface area contributed by atoms with Gasteiger partial charge in [0, 0.05) is 18.5 Å². The Morgan fingerprint density at radius 2 is 1.65 bits per heavy atom. The number of carbonyl (C=O) groups excluding carboxylic acids is 1. The molecule has 110 valence electrons. The van der Waals surface area contributed by atoms with Gasteiger partial charge < -0.3 is 9.80 Å². The molecule has 0 atom stereocenters. The second kappa shape index (κ2) is 5.21. The van der Waals surface area contributed by atoms with Gasteiger partial charge in [-0.1, -0.05) is 18.2 Å². The summed E-state index contributed by atoms with van der Waals surface area (Å²) in [6, 6.07) is 6.11. The summed E-state index contributed by atoms with van der Waals surface area (Å²) < 4.78 is 0.837. The minimum absolute atomic E-state index is 0.124. The standard InChI is InChI=1S/C17H26N2O/c1-13-9-8-10-14(2)15(13)18-16(20)17(3,4)19(5)11-6-7-12-19/h8-10H,6-7,11-12H2,1-5H3/p+1. The molecule has 1 amide bonds. The first kappa shape index (κ1) is 15.0. The van der Waals surface area contributed by atoms with Gasteiger partial charge in [0.05, 0.1) is 20.1 Å². The van der Waals surface area contributed by atoms with Crippen LogP contribution >= 0.6 is 0 Å². The first-order valence-corrected chi connectivity index (χ1v) is 7.50. The lowest BCUT2D eigenvalue weighted by Gasteiger charge is -2.43. The Morgan fingerprint density at radius 1 is 1.15 bits per heavy atom. The van der Waals surface area contributed by atoms with E-state index in [9.17, 15) is 4.79 Å². The molecule has 1 heterocycles. The Morgan fingerprint density at radius 3 is 2.15 bits per heavy atom. The summed E-state index contributed by atoms with van der Waals surface area (Å²) in [5.41, 5.74) is 2.82. The topological polar surface area (TPSA) is 29.1 Å². The van der Waals surface area contributed by atoms with Gasteiger partial charge in [0.15, 0.2) is 5.54 Å². The average Bonchev–Trinajstić information content (AvgIpc) is 2.82. The van der Waals surface area contributed by atoms with Crippen molar-refractivity contribution >= 4 is 11.6 Å². The molecule has 0 spiro atoms. The lowest BCUT2D eigenvalue weighted by molar-refractivity contribution is -0.934. The van der Waals surface area contributed by atoms with Crippen molar-refractivity contribution in [2.24, 2.45) is 0 Å². The van der Waals surface area contributed by atoms with Gasteiger partial charge in [-0.15, -0.1) is 0 Å². The summed E-state index contributed by atoms with van der Waals surface area (Å²) in [4.78, 5) is 12.8. The Balaban J connectivity index is 2.23. The molecule has 1 fully saturated rings. The number of likely N-dealkylation sites (N-methyl/N-ethyl adjacent to an activating group) is 1. The largest absolute Gasteiger partial charge is 0.320 e. The monoisotopic (exact) mass is 275 g/mol. The van der Waals surface area contributed by atoms with Gasteiger partial charge in [0.25, 0.3) is 5.91 Å². The second-order valence-corrected chi connectivity index (χ2v) is 6.83. The number of rotatable bonds is 3. The lowest BCUT2D eigenvalue weighted by Crippen LogP contribution is -2.62. The zero-order valence-electron chi connectivity index (χ0n) is 13.4. The molecule has 1 N–H and O–H groups in total. The molecule has 0 aromatic heterocycles. The van der Waals surface area contributed by atoms with Crippen molar-refractivity contribution in [3.05, 3.63) is 29.3 Å². The normalized spacial score (nSPS) is 18.1. The van der Waals surface area contributed by atoms with E-state index in [-0.39, 0.29) is 5.91 Å². The van der Waals surface area contributed by atoms with Crippen molar-refractivity contribution in [1.82, 2.24) is 0 Å². The molecule has 1 aromatic carbocycles. The number of anilines is 1. The van der Waals surface area contributed by atoms with Crippen molar-refractivity contribution in [3.63, 3.8) is 0 Å². The Labute approximate surface area is 122 Å².